The van der Waals surface area contributed by atoms with Crippen molar-refractivity contribution in [3.8, 4) is 5.75 Å². The first-order chi connectivity index (χ1) is 13.5. The Bertz CT molecular complexity index is 890. The lowest BCUT2D eigenvalue weighted by atomic mass is 10.1. The molecule has 29 heavy (non-hydrogen) atoms. The number of hydrogen-bond donors (Lipinski definition) is 3. The van der Waals surface area contributed by atoms with Gasteiger partial charge in [-0.2, -0.15) is 4.31 Å². The number of azide groups is 1. The lowest BCUT2D eigenvalue weighted by Crippen LogP contribution is -1.98. The van der Waals surface area contributed by atoms with E-state index in [0.29, 0.717) is 30.9 Å². The minimum absolute atomic E-state index is 0.326. The number of ether oxygens (including phenoxy) is 1. The molecule has 0 aliphatic heterocycles. The van der Waals surface area contributed by atoms with E-state index in [0.717, 1.165) is 11.1 Å². The Morgan fingerprint density at radius 1 is 1.21 bits per heavy atom. The summed E-state index contributed by atoms with van der Waals surface area (Å²) >= 11 is 0. The van der Waals surface area contributed by atoms with Crippen LogP contribution in [0, 0.1) is 0 Å². The lowest BCUT2D eigenvalue weighted by molar-refractivity contribution is 0.191. The van der Waals surface area contributed by atoms with Gasteiger partial charge in [0.25, 0.3) is 0 Å². The summed E-state index contributed by atoms with van der Waals surface area (Å²) in [4.78, 5) is 28.9. The fraction of sp³-hybridized carbons (Fsp3) is 0.375. The Morgan fingerprint density at radius 3 is 2.59 bits per heavy atom. The maximum atomic E-state index is 11.3. The van der Waals surface area contributed by atoms with Crippen molar-refractivity contribution in [2.75, 3.05) is 13.2 Å². The zero-order chi connectivity index (χ0) is 21.9. The van der Waals surface area contributed by atoms with Crippen molar-refractivity contribution in [1.29, 1.82) is 0 Å². The highest BCUT2D eigenvalue weighted by Crippen LogP contribution is 2.57. The second kappa shape index (κ2) is 11.9. The van der Waals surface area contributed by atoms with E-state index in [1.807, 2.05) is 13.0 Å². The van der Waals surface area contributed by atoms with Gasteiger partial charge in [-0.15, -0.1) is 0 Å². The van der Waals surface area contributed by atoms with Crippen LogP contribution in [0.2, 0.25) is 0 Å². The van der Waals surface area contributed by atoms with Gasteiger partial charge in [0, 0.05) is 10.6 Å². The Morgan fingerprint density at radius 2 is 1.93 bits per heavy atom. The summed E-state index contributed by atoms with van der Waals surface area (Å²) in [6.07, 6.45) is 4.82. The molecular formula is C16H23N3O8P2. The zero-order valence-electron chi connectivity index (χ0n) is 15.9. The molecule has 1 atom stereocenters. The minimum Gasteiger partial charge on any atom is -0.489 e. The normalized spacial score (nSPS) is 14.8. The van der Waals surface area contributed by atoms with Crippen LogP contribution < -0.4 is 4.74 Å². The predicted molar refractivity (Wildman–Crippen MR) is 106 cm³/mol. The van der Waals surface area contributed by atoms with Gasteiger partial charge >= 0.3 is 15.6 Å². The molecule has 3 N–H and O–H groups in total. The average Bonchev–Trinajstić information content (AvgIpc) is 2.58. The van der Waals surface area contributed by atoms with Gasteiger partial charge in [0.2, 0.25) is 0 Å². The number of benzene rings is 1. The van der Waals surface area contributed by atoms with E-state index in [4.69, 9.17) is 24.9 Å². The van der Waals surface area contributed by atoms with E-state index >= 15 is 0 Å². The molecule has 13 heteroatoms. The summed E-state index contributed by atoms with van der Waals surface area (Å²) in [5.74, 6) is 0.585. The Hall–Kier alpha value is -1.93. The second-order valence-electron chi connectivity index (χ2n) is 5.95. The van der Waals surface area contributed by atoms with Crippen molar-refractivity contribution in [3.05, 3.63) is 58.0 Å². The number of nitrogens with zero attached hydrogens (tertiary/aromatic N) is 3. The molecule has 11 nitrogen and oxygen atoms in total. The van der Waals surface area contributed by atoms with Crippen molar-refractivity contribution >= 4 is 21.3 Å². The standard InChI is InChI=1S/C16H23N3O8P2/c1-13(9-10-26-29(23,24)27-28(20,21)22)5-3-6-14(2)12-25-16-8-4-7-15(11-16)18-19-17/h4,6-9,11H,3,5,10,12H2,1-2H3,(H,23,24)(H2,20,21,22)/b13-9+,14-6+. The van der Waals surface area contributed by atoms with Gasteiger partial charge in [-0.05, 0) is 49.9 Å². The molecule has 1 rings (SSSR count). The largest absolute Gasteiger partial charge is 0.489 e. The van der Waals surface area contributed by atoms with Gasteiger partial charge in [0.15, 0.2) is 0 Å². The fourth-order valence-electron chi connectivity index (χ4n) is 2.02. The van der Waals surface area contributed by atoms with Crippen molar-refractivity contribution < 1.29 is 37.4 Å². The third kappa shape index (κ3) is 12.3. The molecule has 0 aromatic heterocycles. The monoisotopic (exact) mass is 447 g/mol. The van der Waals surface area contributed by atoms with E-state index in [1.165, 1.54) is 6.08 Å². The van der Waals surface area contributed by atoms with E-state index < -0.39 is 15.6 Å². The van der Waals surface area contributed by atoms with Crippen molar-refractivity contribution in [2.45, 2.75) is 26.7 Å². The average molecular weight is 447 g/mol. The van der Waals surface area contributed by atoms with Gasteiger partial charge in [0.05, 0.1) is 6.61 Å². The number of phosphoric acid groups is 2. The first-order valence-corrected chi connectivity index (χ1v) is 11.4. The third-order valence-corrected chi connectivity index (χ3v) is 5.51. The highest BCUT2D eigenvalue weighted by molar-refractivity contribution is 7.60. The first kappa shape index (κ1) is 25.1. The molecular weight excluding hydrogens is 424 g/mol. The van der Waals surface area contributed by atoms with E-state index in [9.17, 15) is 9.13 Å². The number of hydrogen-bond acceptors (Lipinski definition) is 6. The quantitative estimate of drug-likeness (QED) is 0.133. The van der Waals surface area contributed by atoms with Crippen LogP contribution in [0.5, 0.6) is 5.75 Å². The molecule has 0 bridgehead atoms. The predicted octanol–water partition coefficient (Wildman–Crippen LogP) is 4.91. The van der Waals surface area contributed by atoms with Crippen LogP contribution in [0.25, 0.3) is 10.4 Å². The van der Waals surface area contributed by atoms with Gasteiger partial charge in [-0.1, -0.05) is 35.0 Å². The molecule has 1 aromatic rings. The summed E-state index contributed by atoms with van der Waals surface area (Å²) < 4.78 is 35.6. The van der Waals surface area contributed by atoms with E-state index in [1.54, 1.807) is 31.2 Å². The SMILES string of the molecule is C/C(=C\COP(=O)(O)OP(=O)(O)O)CC/C=C(\C)COc1cccc(N=[N+]=[N-])c1. The van der Waals surface area contributed by atoms with Gasteiger partial charge < -0.3 is 19.4 Å². The summed E-state index contributed by atoms with van der Waals surface area (Å²) in [6.45, 7) is 3.73. The van der Waals surface area contributed by atoms with Crippen LogP contribution in [0.15, 0.2) is 52.7 Å². The maximum Gasteiger partial charge on any atom is 0.481 e. The van der Waals surface area contributed by atoms with Gasteiger partial charge in [0.1, 0.15) is 12.4 Å². The van der Waals surface area contributed by atoms with Gasteiger partial charge in [-0.25, -0.2) is 9.13 Å². The van der Waals surface area contributed by atoms with Crippen LogP contribution in [0.3, 0.4) is 0 Å². The highest BCUT2D eigenvalue weighted by atomic mass is 31.3. The molecule has 0 aliphatic rings. The van der Waals surface area contributed by atoms with Crippen LogP contribution in [0.4, 0.5) is 5.69 Å². The highest BCUT2D eigenvalue weighted by Gasteiger charge is 2.31. The molecule has 160 valence electrons. The molecule has 1 aromatic carbocycles. The van der Waals surface area contributed by atoms with Crippen LogP contribution >= 0.6 is 15.6 Å². The van der Waals surface area contributed by atoms with Crippen molar-refractivity contribution in [2.24, 2.45) is 5.11 Å². The van der Waals surface area contributed by atoms with E-state index in [-0.39, 0.29) is 6.61 Å². The van der Waals surface area contributed by atoms with Crippen LogP contribution in [-0.2, 0) is 18.0 Å². The molecule has 0 heterocycles. The van der Waals surface area contributed by atoms with E-state index in [2.05, 4.69) is 18.9 Å². The summed E-state index contributed by atoms with van der Waals surface area (Å²) in [7, 11) is -9.94. The summed E-state index contributed by atoms with van der Waals surface area (Å²) in [5.41, 5.74) is 10.7. The third-order valence-electron chi connectivity index (χ3n) is 3.35. The smallest absolute Gasteiger partial charge is 0.481 e. The fourth-order valence-corrected chi connectivity index (χ4v) is 3.55. The maximum absolute atomic E-state index is 11.3. The molecule has 0 saturated heterocycles. The number of rotatable bonds is 12. The Labute approximate surface area is 168 Å². The molecule has 1 unspecified atom stereocenters. The van der Waals surface area contributed by atoms with Crippen molar-refractivity contribution in [1.82, 2.24) is 0 Å². The van der Waals surface area contributed by atoms with Crippen LogP contribution in [-0.4, -0.2) is 27.9 Å². The molecule has 0 saturated carbocycles. The Kier molecular flexibility index (Phi) is 10.3. The lowest BCUT2D eigenvalue weighted by Gasteiger charge is -2.11. The second-order valence-corrected chi connectivity index (χ2v) is 8.78. The molecule has 0 aliphatic carbocycles. The summed E-state index contributed by atoms with van der Waals surface area (Å²) in [6, 6.07) is 6.79. The molecule has 0 radical (unpaired) electrons. The summed E-state index contributed by atoms with van der Waals surface area (Å²) in [5, 5.41) is 3.51. The topological polar surface area (TPSA) is 171 Å². The zero-order valence-corrected chi connectivity index (χ0v) is 17.7. The Balaban J connectivity index is 2.40. The molecule has 0 fully saturated rings. The number of allylic oxidation sites excluding steroid dienone is 2. The minimum atomic E-state index is -5.11. The first-order valence-electron chi connectivity index (χ1n) is 8.34. The number of phosphoric ester groups is 1. The van der Waals surface area contributed by atoms with Gasteiger partial charge in [-0.3, -0.25) is 4.52 Å². The molecule has 0 spiro atoms. The molecule has 0 amide bonds. The van der Waals surface area contributed by atoms with Crippen LogP contribution in [0.1, 0.15) is 26.7 Å². The van der Waals surface area contributed by atoms with Crippen molar-refractivity contribution in [3.63, 3.8) is 0 Å².